The lowest BCUT2D eigenvalue weighted by Gasteiger charge is -2.08. The summed E-state index contributed by atoms with van der Waals surface area (Å²) < 4.78 is 16.9. The molecule has 236 valence electrons. The van der Waals surface area contributed by atoms with Gasteiger partial charge >= 0.3 is 5.97 Å². The molecule has 0 aromatic heterocycles. The third-order valence-corrected chi connectivity index (χ3v) is 7.33. The van der Waals surface area contributed by atoms with Crippen LogP contribution in [0.25, 0.3) is 11.1 Å². The van der Waals surface area contributed by atoms with Crippen LogP contribution < -0.4 is 9.47 Å². The molecule has 0 unspecified atom stereocenters. The van der Waals surface area contributed by atoms with Gasteiger partial charge in [-0.25, -0.2) is 4.79 Å². The second kappa shape index (κ2) is 20.9. The summed E-state index contributed by atoms with van der Waals surface area (Å²) in [5, 5.41) is 8.76. The Hall–Kier alpha value is -3.93. The second-order valence-electron chi connectivity index (χ2n) is 11.3. The Bertz CT molecular complexity index is 1250. The minimum atomic E-state index is -0.318. The van der Waals surface area contributed by atoms with Crippen molar-refractivity contribution in [2.24, 2.45) is 10.2 Å². The standard InChI is InChI=1S/C38H50N2O4/c1-4-5-6-7-8-9-10-13-28-42-36-24-18-33(19-25-36)32-16-20-34(21-17-32)39-40-35-22-26-37(27-23-35)43-29-14-11-12-15-30-44-38(41)31(2)3/h16-27H,2,4-15,28-30H2,1,3H3. The van der Waals surface area contributed by atoms with Gasteiger partial charge < -0.3 is 14.2 Å². The van der Waals surface area contributed by atoms with Crippen molar-refractivity contribution in [1.29, 1.82) is 0 Å². The highest BCUT2D eigenvalue weighted by Gasteiger charge is 2.03. The van der Waals surface area contributed by atoms with E-state index >= 15 is 0 Å². The van der Waals surface area contributed by atoms with E-state index in [1.807, 2.05) is 48.5 Å². The highest BCUT2D eigenvalue weighted by molar-refractivity contribution is 5.86. The lowest BCUT2D eigenvalue weighted by Crippen LogP contribution is -2.06. The molecule has 0 spiro atoms. The first-order chi connectivity index (χ1) is 21.5. The van der Waals surface area contributed by atoms with Crippen LogP contribution in [-0.4, -0.2) is 25.8 Å². The molecule has 0 fully saturated rings. The Labute approximate surface area is 264 Å². The Balaban J connectivity index is 1.31. The molecule has 0 amide bonds. The van der Waals surface area contributed by atoms with Crippen LogP contribution in [0.5, 0.6) is 11.5 Å². The molecular formula is C38H50N2O4. The summed E-state index contributed by atoms with van der Waals surface area (Å²) in [5.74, 6) is 1.42. The maximum Gasteiger partial charge on any atom is 0.333 e. The average molecular weight is 599 g/mol. The van der Waals surface area contributed by atoms with E-state index in [9.17, 15) is 4.79 Å². The molecule has 6 heteroatoms. The van der Waals surface area contributed by atoms with E-state index in [2.05, 4.69) is 48.0 Å². The van der Waals surface area contributed by atoms with Crippen molar-refractivity contribution in [2.75, 3.05) is 19.8 Å². The zero-order valence-electron chi connectivity index (χ0n) is 26.8. The molecule has 0 bridgehead atoms. The lowest BCUT2D eigenvalue weighted by molar-refractivity contribution is -0.139. The van der Waals surface area contributed by atoms with Gasteiger partial charge in [0.05, 0.1) is 31.2 Å². The number of unbranched alkanes of at least 4 members (excludes halogenated alkanes) is 10. The maximum absolute atomic E-state index is 11.3. The van der Waals surface area contributed by atoms with E-state index in [4.69, 9.17) is 14.2 Å². The van der Waals surface area contributed by atoms with E-state index in [-0.39, 0.29) is 5.97 Å². The second-order valence-corrected chi connectivity index (χ2v) is 11.3. The van der Waals surface area contributed by atoms with Crippen molar-refractivity contribution in [2.45, 2.75) is 90.9 Å². The number of esters is 1. The molecule has 0 saturated carbocycles. The maximum atomic E-state index is 11.3. The molecule has 0 aliphatic heterocycles. The zero-order valence-corrected chi connectivity index (χ0v) is 26.8. The van der Waals surface area contributed by atoms with Gasteiger partial charge in [0.1, 0.15) is 11.5 Å². The van der Waals surface area contributed by atoms with Gasteiger partial charge in [-0.3, -0.25) is 0 Å². The SMILES string of the molecule is C=C(C)C(=O)OCCCCCCOc1ccc(N=Nc2ccc(-c3ccc(OCCCCCCCCCC)cc3)cc2)cc1. The summed E-state index contributed by atoms with van der Waals surface area (Å²) in [6, 6.07) is 24.0. The molecule has 0 atom stereocenters. The smallest absolute Gasteiger partial charge is 0.333 e. The number of benzene rings is 3. The quantitative estimate of drug-likeness (QED) is 0.0499. The van der Waals surface area contributed by atoms with Crippen LogP contribution in [0.4, 0.5) is 11.4 Å². The fourth-order valence-electron chi connectivity index (χ4n) is 4.65. The van der Waals surface area contributed by atoms with Crippen molar-refractivity contribution < 1.29 is 19.0 Å². The van der Waals surface area contributed by atoms with Gasteiger partial charge in [-0.05, 0) is 98.7 Å². The molecule has 0 N–H and O–H groups in total. The molecular weight excluding hydrogens is 548 g/mol. The van der Waals surface area contributed by atoms with Crippen molar-refractivity contribution in [1.82, 2.24) is 0 Å². The summed E-state index contributed by atoms with van der Waals surface area (Å²) in [4.78, 5) is 11.3. The summed E-state index contributed by atoms with van der Waals surface area (Å²) in [6.45, 7) is 9.36. The van der Waals surface area contributed by atoms with E-state index in [1.165, 1.54) is 44.9 Å². The predicted molar refractivity (Wildman–Crippen MR) is 180 cm³/mol. The van der Waals surface area contributed by atoms with Gasteiger partial charge in [0.25, 0.3) is 0 Å². The highest BCUT2D eigenvalue weighted by atomic mass is 16.5. The van der Waals surface area contributed by atoms with Gasteiger partial charge in [-0.2, -0.15) is 10.2 Å². The first-order valence-corrected chi connectivity index (χ1v) is 16.4. The number of carbonyl (C=O) groups is 1. The number of rotatable bonds is 22. The van der Waals surface area contributed by atoms with Crippen molar-refractivity contribution in [3.63, 3.8) is 0 Å². The van der Waals surface area contributed by atoms with Gasteiger partial charge in [-0.1, -0.05) is 82.7 Å². The van der Waals surface area contributed by atoms with E-state index in [0.29, 0.717) is 18.8 Å². The third-order valence-electron chi connectivity index (χ3n) is 7.33. The molecule has 6 nitrogen and oxygen atoms in total. The number of hydrogen-bond acceptors (Lipinski definition) is 6. The number of carbonyl (C=O) groups excluding carboxylic acids is 1. The van der Waals surface area contributed by atoms with Crippen LogP contribution in [0.2, 0.25) is 0 Å². The summed E-state index contributed by atoms with van der Waals surface area (Å²) in [7, 11) is 0. The van der Waals surface area contributed by atoms with Crippen molar-refractivity contribution in [3.8, 4) is 22.6 Å². The normalized spacial score (nSPS) is 11.0. The van der Waals surface area contributed by atoms with Gasteiger partial charge in [0.2, 0.25) is 0 Å². The Kier molecular flexibility index (Phi) is 16.4. The van der Waals surface area contributed by atoms with Crippen LogP contribution in [0.1, 0.15) is 90.9 Å². The molecule has 0 aliphatic carbocycles. The summed E-state index contributed by atoms with van der Waals surface area (Å²) in [5.41, 5.74) is 4.29. The molecule has 0 heterocycles. The molecule has 0 aliphatic rings. The molecule has 3 aromatic carbocycles. The molecule has 0 saturated heterocycles. The first kappa shape index (κ1) is 34.6. The largest absolute Gasteiger partial charge is 0.494 e. The van der Waals surface area contributed by atoms with E-state index in [1.54, 1.807) is 6.92 Å². The van der Waals surface area contributed by atoms with Crippen molar-refractivity contribution >= 4 is 17.3 Å². The Morgan fingerprint density at radius 1 is 0.568 bits per heavy atom. The number of hydrogen-bond donors (Lipinski definition) is 0. The van der Waals surface area contributed by atoms with Crippen LogP contribution in [0.3, 0.4) is 0 Å². The molecule has 3 rings (SSSR count). The Morgan fingerprint density at radius 2 is 0.955 bits per heavy atom. The minimum absolute atomic E-state index is 0.318. The highest BCUT2D eigenvalue weighted by Crippen LogP contribution is 2.26. The van der Waals surface area contributed by atoms with Crippen LogP contribution in [0, 0.1) is 0 Å². The fourth-order valence-corrected chi connectivity index (χ4v) is 4.65. The molecule has 44 heavy (non-hydrogen) atoms. The third kappa shape index (κ3) is 14.0. The zero-order chi connectivity index (χ0) is 31.2. The fraction of sp³-hybridized carbons (Fsp3) is 0.447. The lowest BCUT2D eigenvalue weighted by atomic mass is 10.1. The van der Waals surface area contributed by atoms with Crippen LogP contribution in [-0.2, 0) is 9.53 Å². The summed E-state index contributed by atoms with van der Waals surface area (Å²) in [6.07, 6.45) is 14.2. The average Bonchev–Trinajstić information content (AvgIpc) is 3.05. The number of ether oxygens (including phenoxy) is 3. The molecule has 3 aromatic rings. The predicted octanol–water partition coefficient (Wildman–Crippen LogP) is 11.3. The van der Waals surface area contributed by atoms with Gasteiger partial charge in [0, 0.05) is 5.57 Å². The minimum Gasteiger partial charge on any atom is -0.494 e. The molecule has 0 radical (unpaired) electrons. The Morgan fingerprint density at radius 3 is 1.43 bits per heavy atom. The van der Waals surface area contributed by atoms with Crippen LogP contribution in [0.15, 0.2) is 95.2 Å². The monoisotopic (exact) mass is 598 g/mol. The van der Waals surface area contributed by atoms with Gasteiger partial charge in [-0.15, -0.1) is 0 Å². The number of azo groups is 1. The van der Waals surface area contributed by atoms with Gasteiger partial charge in [0.15, 0.2) is 0 Å². The first-order valence-electron chi connectivity index (χ1n) is 16.4. The van der Waals surface area contributed by atoms with Crippen molar-refractivity contribution in [3.05, 3.63) is 84.9 Å². The summed E-state index contributed by atoms with van der Waals surface area (Å²) >= 11 is 0. The number of nitrogens with zero attached hydrogens (tertiary/aromatic N) is 2. The van der Waals surface area contributed by atoms with Crippen LogP contribution >= 0.6 is 0 Å². The van der Waals surface area contributed by atoms with E-state index in [0.717, 1.165) is 72.7 Å². The topological polar surface area (TPSA) is 69.5 Å². The van der Waals surface area contributed by atoms with E-state index < -0.39 is 0 Å².